The lowest BCUT2D eigenvalue weighted by atomic mass is 10.3. The maximum absolute atomic E-state index is 10.8. The fraction of sp³-hybridized carbons (Fsp3) is 0.429. The molecule has 13 heavy (non-hydrogen) atoms. The smallest absolute Gasteiger partial charge is 0.277 e. The van der Waals surface area contributed by atoms with Crippen LogP contribution in [0.5, 0.6) is 0 Å². The molecule has 1 aromatic heterocycles. The molecule has 0 saturated carbocycles. The SMILES string of the molecule is Cc1ccoc1CN(C)S(N)(=O)=O. The Hall–Kier alpha value is -0.850. The van der Waals surface area contributed by atoms with Crippen LogP contribution in [-0.2, 0) is 16.8 Å². The van der Waals surface area contributed by atoms with E-state index in [2.05, 4.69) is 0 Å². The van der Waals surface area contributed by atoms with Crippen LogP contribution in [0.3, 0.4) is 0 Å². The molecule has 74 valence electrons. The van der Waals surface area contributed by atoms with Gasteiger partial charge in [0.15, 0.2) is 0 Å². The average Bonchev–Trinajstić information content (AvgIpc) is 2.34. The van der Waals surface area contributed by atoms with Gasteiger partial charge in [-0.05, 0) is 18.6 Å². The fourth-order valence-corrected chi connectivity index (χ4v) is 1.16. The van der Waals surface area contributed by atoms with E-state index in [9.17, 15) is 8.42 Å². The lowest BCUT2D eigenvalue weighted by Gasteiger charge is -2.11. The molecule has 0 fully saturated rings. The molecular weight excluding hydrogens is 192 g/mol. The third-order valence-corrected chi connectivity index (χ3v) is 2.77. The molecule has 0 aliphatic carbocycles. The first-order valence-electron chi connectivity index (χ1n) is 3.68. The van der Waals surface area contributed by atoms with E-state index in [-0.39, 0.29) is 6.54 Å². The summed E-state index contributed by atoms with van der Waals surface area (Å²) < 4.78 is 27.8. The van der Waals surface area contributed by atoms with E-state index < -0.39 is 10.2 Å². The van der Waals surface area contributed by atoms with Crippen molar-refractivity contribution in [1.82, 2.24) is 4.31 Å². The molecule has 2 N–H and O–H groups in total. The van der Waals surface area contributed by atoms with Crippen molar-refractivity contribution in [3.05, 3.63) is 23.7 Å². The van der Waals surface area contributed by atoms with Gasteiger partial charge >= 0.3 is 0 Å². The Morgan fingerprint density at radius 1 is 1.62 bits per heavy atom. The summed E-state index contributed by atoms with van der Waals surface area (Å²) in [5.74, 6) is 0.608. The monoisotopic (exact) mass is 204 g/mol. The summed E-state index contributed by atoms with van der Waals surface area (Å²) in [6, 6.07) is 1.77. The third kappa shape index (κ3) is 2.55. The quantitative estimate of drug-likeness (QED) is 0.765. The summed E-state index contributed by atoms with van der Waals surface area (Å²) in [6.45, 7) is 2.01. The maximum atomic E-state index is 10.8. The van der Waals surface area contributed by atoms with Crippen LogP contribution in [0.25, 0.3) is 0 Å². The van der Waals surface area contributed by atoms with Gasteiger partial charge in [0.25, 0.3) is 10.2 Å². The fourth-order valence-electron chi connectivity index (χ4n) is 0.858. The number of aryl methyl sites for hydroxylation is 1. The van der Waals surface area contributed by atoms with Crippen LogP contribution in [0.1, 0.15) is 11.3 Å². The van der Waals surface area contributed by atoms with Crippen molar-refractivity contribution in [2.24, 2.45) is 5.14 Å². The Morgan fingerprint density at radius 3 is 2.62 bits per heavy atom. The number of hydrogen-bond acceptors (Lipinski definition) is 3. The van der Waals surface area contributed by atoms with Crippen LogP contribution in [0.4, 0.5) is 0 Å². The summed E-state index contributed by atoms with van der Waals surface area (Å²) >= 11 is 0. The van der Waals surface area contributed by atoms with Crippen molar-refractivity contribution in [2.75, 3.05) is 7.05 Å². The number of hydrogen-bond donors (Lipinski definition) is 1. The second-order valence-corrected chi connectivity index (χ2v) is 4.48. The predicted molar refractivity (Wildman–Crippen MR) is 48.0 cm³/mol. The highest BCUT2D eigenvalue weighted by Crippen LogP contribution is 2.11. The van der Waals surface area contributed by atoms with Crippen LogP contribution in [0, 0.1) is 6.92 Å². The highest BCUT2D eigenvalue weighted by molar-refractivity contribution is 7.86. The largest absolute Gasteiger partial charge is 0.468 e. The average molecular weight is 204 g/mol. The highest BCUT2D eigenvalue weighted by Gasteiger charge is 2.14. The van der Waals surface area contributed by atoms with Gasteiger partial charge < -0.3 is 4.42 Å². The van der Waals surface area contributed by atoms with E-state index in [0.717, 1.165) is 9.87 Å². The molecule has 6 heteroatoms. The molecule has 0 amide bonds. The predicted octanol–water partition coefficient (Wildman–Crippen LogP) is 0.223. The summed E-state index contributed by atoms with van der Waals surface area (Å²) in [4.78, 5) is 0. The minimum Gasteiger partial charge on any atom is -0.468 e. The van der Waals surface area contributed by atoms with Crippen LogP contribution in [-0.4, -0.2) is 19.8 Å². The zero-order chi connectivity index (χ0) is 10.1. The summed E-state index contributed by atoms with van der Waals surface area (Å²) in [5, 5.41) is 4.90. The molecule has 0 unspecified atom stereocenters. The van der Waals surface area contributed by atoms with Crippen LogP contribution >= 0.6 is 0 Å². The zero-order valence-corrected chi connectivity index (χ0v) is 8.34. The Kier molecular flexibility index (Phi) is 2.74. The second kappa shape index (κ2) is 3.49. The molecule has 0 atom stereocenters. The summed E-state index contributed by atoms with van der Waals surface area (Å²) in [7, 11) is -2.22. The zero-order valence-electron chi connectivity index (χ0n) is 7.52. The molecule has 0 aromatic carbocycles. The van der Waals surface area contributed by atoms with Crippen molar-refractivity contribution >= 4 is 10.2 Å². The molecule has 0 aliphatic rings. The summed E-state index contributed by atoms with van der Waals surface area (Å²) in [5.41, 5.74) is 0.913. The molecule has 1 aromatic rings. The van der Waals surface area contributed by atoms with Crippen molar-refractivity contribution in [1.29, 1.82) is 0 Å². The van der Waals surface area contributed by atoms with Gasteiger partial charge in [0.2, 0.25) is 0 Å². The maximum Gasteiger partial charge on any atom is 0.277 e. The molecule has 0 spiro atoms. The van der Waals surface area contributed by atoms with Gasteiger partial charge in [0.05, 0.1) is 12.8 Å². The van der Waals surface area contributed by atoms with E-state index >= 15 is 0 Å². The van der Waals surface area contributed by atoms with Crippen molar-refractivity contribution in [2.45, 2.75) is 13.5 Å². The van der Waals surface area contributed by atoms with Gasteiger partial charge in [-0.2, -0.15) is 12.7 Å². The Bertz CT molecular complexity index is 382. The number of rotatable bonds is 3. The normalized spacial score (nSPS) is 12.3. The standard InChI is InChI=1S/C7H12N2O3S/c1-6-3-4-12-7(6)5-9(2)13(8,10)11/h3-4H,5H2,1-2H3,(H2,8,10,11). The van der Waals surface area contributed by atoms with Crippen LogP contribution < -0.4 is 5.14 Å². The topological polar surface area (TPSA) is 76.5 Å². The van der Waals surface area contributed by atoms with Crippen molar-refractivity contribution in [3.8, 4) is 0 Å². The first-order chi connectivity index (χ1) is 5.91. The molecule has 0 aliphatic heterocycles. The van der Waals surface area contributed by atoms with Gasteiger partial charge in [-0.3, -0.25) is 0 Å². The molecular formula is C7H12N2O3S. The Labute approximate surface area is 77.3 Å². The molecule has 1 heterocycles. The minimum atomic E-state index is -3.62. The third-order valence-electron chi connectivity index (χ3n) is 1.77. The van der Waals surface area contributed by atoms with Crippen molar-refractivity contribution < 1.29 is 12.8 Å². The van der Waals surface area contributed by atoms with Gasteiger partial charge in [-0.1, -0.05) is 0 Å². The van der Waals surface area contributed by atoms with E-state index in [0.29, 0.717) is 5.76 Å². The number of nitrogens with zero attached hydrogens (tertiary/aromatic N) is 1. The van der Waals surface area contributed by atoms with Gasteiger partial charge in [0.1, 0.15) is 5.76 Å². The van der Waals surface area contributed by atoms with E-state index in [1.54, 1.807) is 6.07 Å². The van der Waals surface area contributed by atoms with Crippen LogP contribution in [0.2, 0.25) is 0 Å². The van der Waals surface area contributed by atoms with Gasteiger partial charge in [-0.15, -0.1) is 0 Å². The molecule has 0 saturated heterocycles. The van der Waals surface area contributed by atoms with Gasteiger partial charge in [0, 0.05) is 7.05 Å². The molecule has 0 radical (unpaired) electrons. The van der Waals surface area contributed by atoms with E-state index in [4.69, 9.17) is 9.56 Å². The van der Waals surface area contributed by atoms with E-state index in [1.807, 2.05) is 6.92 Å². The summed E-state index contributed by atoms with van der Waals surface area (Å²) in [6.07, 6.45) is 1.52. The second-order valence-electron chi connectivity index (χ2n) is 2.83. The van der Waals surface area contributed by atoms with E-state index in [1.165, 1.54) is 13.3 Å². The lowest BCUT2D eigenvalue weighted by Crippen LogP contribution is -2.32. The number of furan rings is 1. The Balaban J connectivity index is 2.77. The number of nitrogens with two attached hydrogens (primary N) is 1. The van der Waals surface area contributed by atoms with Gasteiger partial charge in [-0.25, -0.2) is 5.14 Å². The molecule has 5 nitrogen and oxygen atoms in total. The molecule has 1 rings (SSSR count). The Morgan fingerprint density at radius 2 is 2.23 bits per heavy atom. The van der Waals surface area contributed by atoms with Crippen molar-refractivity contribution in [3.63, 3.8) is 0 Å². The first-order valence-corrected chi connectivity index (χ1v) is 5.18. The highest BCUT2D eigenvalue weighted by atomic mass is 32.2. The lowest BCUT2D eigenvalue weighted by molar-refractivity contribution is 0.405. The van der Waals surface area contributed by atoms with Crippen LogP contribution in [0.15, 0.2) is 16.7 Å². The first kappa shape index (κ1) is 10.2. The molecule has 0 bridgehead atoms. The minimum absolute atomic E-state index is 0.164.